The third kappa shape index (κ3) is 2.96. The van der Waals surface area contributed by atoms with Crippen molar-refractivity contribution in [2.45, 2.75) is 13.0 Å². The van der Waals surface area contributed by atoms with Crippen molar-refractivity contribution in [1.29, 1.82) is 0 Å². The lowest BCUT2D eigenvalue weighted by atomic mass is 10.1. The number of nitro benzene ring substituents is 1. The minimum absolute atomic E-state index is 0.0307. The third-order valence-corrected chi connectivity index (χ3v) is 2.95. The van der Waals surface area contributed by atoms with Gasteiger partial charge in [0.1, 0.15) is 0 Å². The normalized spacial score (nSPS) is 18.8. The molecule has 6 nitrogen and oxygen atoms in total. The molecule has 1 aliphatic heterocycles. The van der Waals surface area contributed by atoms with E-state index in [4.69, 9.17) is 15.2 Å². The molecular formula is C12H16N2O4. The van der Waals surface area contributed by atoms with Crippen LogP contribution in [0.2, 0.25) is 0 Å². The van der Waals surface area contributed by atoms with Crippen LogP contribution in [0.25, 0.3) is 0 Å². The first-order valence-electron chi connectivity index (χ1n) is 5.88. The van der Waals surface area contributed by atoms with Gasteiger partial charge in [0.15, 0.2) is 5.75 Å². The summed E-state index contributed by atoms with van der Waals surface area (Å²) in [7, 11) is 0. The van der Waals surface area contributed by atoms with Gasteiger partial charge >= 0.3 is 5.69 Å². The highest BCUT2D eigenvalue weighted by molar-refractivity contribution is 5.48. The minimum Gasteiger partial charge on any atom is -0.486 e. The molecule has 1 aliphatic rings. The lowest BCUT2D eigenvalue weighted by Gasteiger charge is -2.11. The van der Waals surface area contributed by atoms with Crippen LogP contribution in [0.3, 0.4) is 0 Å². The second-order valence-corrected chi connectivity index (χ2v) is 4.30. The first kappa shape index (κ1) is 12.8. The average molecular weight is 252 g/mol. The molecule has 0 aliphatic carbocycles. The van der Waals surface area contributed by atoms with Gasteiger partial charge in [-0.2, -0.15) is 0 Å². The molecule has 1 aromatic rings. The molecule has 2 N–H and O–H groups in total. The van der Waals surface area contributed by atoms with Gasteiger partial charge in [0, 0.05) is 25.1 Å². The van der Waals surface area contributed by atoms with Crippen molar-refractivity contribution in [3.63, 3.8) is 0 Å². The minimum atomic E-state index is -0.445. The molecule has 0 spiro atoms. The van der Waals surface area contributed by atoms with Gasteiger partial charge in [0.25, 0.3) is 0 Å². The second kappa shape index (κ2) is 5.79. The Morgan fingerprint density at radius 1 is 1.56 bits per heavy atom. The van der Waals surface area contributed by atoms with E-state index in [9.17, 15) is 10.1 Å². The van der Waals surface area contributed by atoms with Crippen LogP contribution in [0, 0.1) is 16.0 Å². The van der Waals surface area contributed by atoms with Crippen molar-refractivity contribution in [3.05, 3.63) is 33.9 Å². The van der Waals surface area contributed by atoms with Crippen molar-refractivity contribution < 1.29 is 14.4 Å². The van der Waals surface area contributed by atoms with Crippen molar-refractivity contribution in [2.75, 3.05) is 19.8 Å². The smallest absolute Gasteiger partial charge is 0.311 e. The number of nitro groups is 1. The zero-order valence-electron chi connectivity index (χ0n) is 10.0. The van der Waals surface area contributed by atoms with Crippen LogP contribution in [-0.2, 0) is 11.3 Å². The molecule has 1 atom stereocenters. The van der Waals surface area contributed by atoms with Gasteiger partial charge in [-0.3, -0.25) is 10.1 Å². The topological polar surface area (TPSA) is 87.6 Å². The lowest BCUT2D eigenvalue weighted by Crippen LogP contribution is -2.12. The van der Waals surface area contributed by atoms with Gasteiger partial charge in [-0.1, -0.05) is 6.07 Å². The Morgan fingerprint density at radius 2 is 2.39 bits per heavy atom. The molecule has 0 bridgehead atoms. The number of ether oxygens (including phenoxy) is 2. The Labute approximate surface area is 105 Å². The molecule has 0 amide bonds. The highest BCUT2D eigenvalue weighted by atomic mass is 16.6. The van der Waals surface area contributed by atoms with E-state index in [-0.39, 0.29) is 12.2 Å². The fourth-order valence-corrected chi connectivity index (χ4v) is 1.88. The molecule has 0 aromatic heterocycles. The van der Waals surface area contributed by atoms with E-state index >= 15 is 0 Å². The molecule has 6 heteroatoms. The predicted molar refractivity (Wildman–Crippen MR) is 65.4 cm³/mol. The summed E-state index contributed by atoms with van der Waals surface area (Å²) in [5.74, 6) is 0.614. The first-order chi connectivity index (χ1) is 8.70. The molecule has 1 heterocycles. The van der Waals surface area contributed by atoms with E-state index in [2.05, 4.69) is 0 Å². The van der Waals surface area contributed by atoms with Gasteiger partial charge in [-0.25, -0.2) is 0 Å². The van der Waals surface area contributed by atoms with E-state index in [1.165, 1.54) is 6.07 Å². The molecule has 2 rings (SSSR count). The maximum Gasteiger partial charge on any atom is 0.311 e. The zero-order chi connectivity index (χ0) is 13.0. The van der Waals surface area contributed by atoms with Gasteiger partial charge in [0.05, 0.1) is 18.1 Å². The Morgan fingerprint density at radius 3 is 3.00 bits per heavy atom. The first-order valence-corrected chi connectivity index (χ1v) is 5.88. The Kier molecular flexibility index (Phi) is 4.11. The predicted octanol–water partition coefficient (Wildman–Crippen LogP) is 1.47. The summed E-state index contributed by atoms with van der Waals surface area (Å²) in [6, 6.07) is 4.81. The van der Waals surface area contributed by atoms with Gasteiger partial charge in [-0.15, -0.1) is 0 Å². The van der Waals surface area contributed by atoms with Gasteiger partial charge < -0.3 is 15.2 Å². The Bertz CT molecular complexity index is 430. The van der Waals surface area contributed by atoms with E-state index in [0.29, 0.717) is 24.9 Å². The summed E-state index contributed by atoms with van der Waals surface area (Å²) < 4.78 is 10.7. The fraction of sp³-hybridized carbons (Fsp3) is 0.500. The largest absolute Gasteiger partial charge is 0.486 e. The molecule has 98 valence electrons. The summed E-state index contributed by atoms with van der Waals surface area (Å²) in [5, 5.41) is 10.9. The number of hydrogen-bond acceptors (Lipinski definition) is 5. The van der Waals surface area contributed by atoms with E-state index in [0.717, 1.165) is 18.6 Å². The SMILES string of the molecule is NCc1ccc(OCC2CCOC2)c([N+](=O)[O-])c1. The number of hydrogen-bond donors (Lipinski definition) is 1. The van der Waals surface area contributed by atoms with E-state index in [1.807, 2.05) is 0 Å². The van der Waals surface area contributed by atoms with Crippen LogP contribution >= 0.6 is 0 Å². The number of rotatable bonds is 5. The molecule has 0 saturated carbocycles. The molecular weight excluding hydrogens is 236 g/mol. The highest BCUT2D eigenvalue weighted by Gasteiger charge is 2.20. The standard InChI is InChI=1S/C12H16N2O4/c13-6-9-1-2-12(11(5-9)14(15)16)18-8-10-3-4-17-7-10/h1-2,5,10H,3-4,6-8,13H2. The second-order valence-electron chi connectivity index (χ2n) is 4.30. The van der Waals surface area contributed by atoms with Crippen molar-refractivity contribution in [2.24, 2.45) is 11.7 Å². The molecule has 1 aromatic carbocycles. The number of nitrogens with zero attached hydrogens (tertiary/aromatic N) is 1. The summed E-state index contributed by atoms with van der Waals surface area (Å²) in [5.41, 5.74) is 6.15. The molecule has 1 fully saturated rings. The van der Waals surface area contributed by atoms with Crippen LogP contribution in [0.5, 0.6) is 5.75 Å². The van der Waals surface area contributed by atoms with Crippen molar-refractivity contribution >= 4 is 5.69 Å². The monoisotopic (exact) mass is 252 g/mol. The Balaban J connectivity index is 2.08. The van der Waals surface area contributed by atoms with Crippen LogP contribution in [0.4, 0.5) is 5.69 Å². The Hall–Kier alpha value is -1.66. The summed E-state index contributed by atoms with van der Waals surface area (Å²) in [6.07, 6.45) is 0.939. The van der Waals surface area contributed by atoms with E-state index in [1.54, 1.807) is 12.1 Å². The van der Waals surface area contributed by atoms with Crippen LogP contribution in [-0.4, -0.2) is 24.7 Å². The summed E-state index contributed by atoms with van der Waals surface area (Å²) >= 11 is 0. The number of benzene rings is 1. The summed E-state index contributed by atoms with van der Waals surface area (Å²) in [6.45, 7) is 2.12. The van der Waals surface area contributed by atoms with Crippen LogP contribution in [0.15, 0.2) is 18.2 Å². The quantitative estimate of drug-likeness (QED) is 0.633. The lowest BCUT2D eigenvalue weighted by molar-refractivity contribution is -0.386. The summed E-state index contributed by atoms with van der Waals surface area (Å²) in [4.78, 5) is 10.5. The van der Waals surface area contributed by atoms with Gasteiger partial charge in [-0.05, 0) is 18.1 Å². The maximum atomic E-state index is 10.9. The zero-order valence-corrected chi connectivity index (χ0v) is 10.0. The van der Waals surface area contributed by atoms with Crippen LogP contribution in [0.1, 0.15) is 12.0 Å². The molecule has 18 heavy (non-hydrogen) atoms. The highest BCUT2D eigenvalue weighted by Crippen LogP contribution is 2.28. The number of nitrogens with two attached hydrogens (primary N) is 1. The van der Waals surface area contributed by atoms with Crippen LogP contribution < -0.4 is 10.5 Å². The van der Waals surface area contributed by atoms with Crippen molar-refractivity contribution in [1.82, 2.24) is 0 Å². The van der Waals surface area contributed by atoms with Gasteiger partial charge in [0.2, 0.25) is 0 Å². The third-order valence-electron chi connectivity index (χ3n) is 2.95. The molecule has 1 saturated heterocycles. The fourth-order valence-electron chi connectivity index (χ4n) is 1.88. The maximum absolute atomic E-state index is 10.9. The molecule has 1 unspecified atom stereocenters. The average Bonchev–Trinajstić information content (AvgIpc) is 2.89. The molecule has 0 radical (unpaired) electrons. The van der Waals surface area contributed by atoms with Crippen molar-refractivity contribution in [3.8, 4) is 5.75 Å². The van der Waals surface area contributed by atoms with E-state index < -0.39 is 4.92 Å².